The normalized spacial score (nSPS) is 16.4. The lowest BCUT2D eigenvalue weighted by molar-refractivity contribution is 0.0608. The first-order valence-corrected chi connectivity index (χ1v) is 10.6. The Kier molecular flexibility index (Phi) is 5.78. The fraction of sp³-hybridized carbons (Fsp3) is 0.333. The van der Waals surface area contributed by atoms with Gasteiger partial charge in [-0.3, -0.25) is 24.1 Å². The van der Waals surface area contributed by atoms with Crippen LogP contribution in [0.1, 0.15) is 61.7 Å². The third-order valence-electron chi connectivity index (χ3n) is 5.82. The number of carbonyl (C=O) groups is 4. The van der Waals surface area contributed by atoms with E-state index in [1.807, 2.05) is 0 Å². The molecular formula is C24H24FN3O4. The van der Waals surface area contributed by atoms with Crippen molar-refractivity contribution in [3.63, 3.8) is 0 Å². The maximum absolute atomic E-state index is 13.5. The first-order valence-electron chi connectivity index (χ1n) is 10.6. The molecule has 0 N–H and O–H groups in total. The lowest BCUT2D eigenvalue weighted by Crippen LogP contribution is -2.37. The highest BCUT2D eigenvalue weighted by Gasteiger charge is 2.37. The van der Waals surface area contributed by atoms with Crippen molar-refractivity contribution in [2.24, 2.45) is 0 Å². The van der Waals surface area contributed by atoms with E-state index in [0.717, 1.165) is 0 Å². The Balaban J connectivity index is 1.48. The average Bonchev–Trinajstić information content (AvgIpc) is 2.92. The molecule has 0 unspecified atom stereocenters. The second-order valence-corrected chi connectivity index (χ2v) is 8.28. The van der Waals surface area contributed by atoms with Crippen molar-refractivity contribution < 1.29 is 23.6 Å². The molecule has 0 bridgehead atoms. The smallest absolute Gasteiger partial charge is 0.261 e. The lowest BCUT2D eigenvalue weighted by Gasteiger charge is -2.22. The Morgan fingerprint density at radius 3 is 2.00 bits per heavy atom. The zero-order chi connectivity index (χ0) is 23.0. The Bertz CT molecular complexity index is 1110. The molecule has 2 heterocycles. The summed E-state index contributed by atoms with van der Waals surface area (Å²) in [5.74, 6) is -1.73. The largest absolute Gasteiger partial charge is 0.337 e. The van der Waals surface area contributed by atoms with Gasteiger partial charge in [-0.1, -0.05) is 6.07 Å². The number of fused-ring (bicyclic) bond motifs is 1. The summed E-state index contributed by atoms with van der Waals surface area (Å²) in [6.45, 7) is 5.09. The maximum Gasteiger partial charge on any atom is 0.261 e. The molecule has 0 atom stereocenters. The van der Waals surface area contributed by atoms with Crippen molar-refractivity contribution >= 4 is 23.6 Å². The van der Waals surface area contributed by atoms with E-state index in [9.17, 15) is 23.6 Å². The number of benzene rings is 2. The second kappa shape index (κ2) is 8.53. The first-order chi connectivity index (χ1) is 15.3. The van der Waals surface area contributed by atoms with E-state index < -0.39 is 11.7 Å². The van der Waals surface area contributed by atoms with Crippen molar-refractivity contribution in [2.45, 2.75) is 26.3 Å². The quantitative estimate of drug-likeness (QED) is 0.692. The summed E-state index contributed by atoms with van der Waals surface area (Å²) in [6, 6.07) is 9.88. The van der Waals surface area contributed by atoms with E-state index in [2.05, 4.69) is 0 Å². The Labute approximate surface area is 185 Å². The van der Waals surface area contributed by atoms with Crippen molar-refractivity contribution in [1.29, 1.82) is 0 Å². The molecule has 4 amide bonds. The van der Waals surface area contributed by atoms with E-state index in [1.165, 1.54) is 35.2 Å². The third kappa shape index (κ3) is 3.88. The topological polar surface area (TPSA) is 78.0 Å². The molecule has 1 saturated heterocycles. The van der Waals surface area contributed by atoms with Crippen LogP contribution in [0.25, 0.3) is 0 Å². The summed E-state index contributed by atoms with van der Waals surface area (Å²) in [7, 11) is 0. The van der Waals surface area contributed by atoms with Gasteiger partial charge in [0.05, 0.1) is 11.1 Å². The minimum atomic E-state index is -0.469. The van der Waals surface area contributed by atoms with Gasteiger partial charge >= 0.3 is 0 Å². The number of hydrogen-bond acceptors (Lipinski definition) is 4. The highest BCUT2D eigenvalue weighted by atomic mass is 19.1. The zero-order valence-corrected chi connectivity index (χ0v) is 18.0. The lowest BCUT2D eigenvalue weighted by atomic mass is 10.0. The minimum Gasteiger partial charge on any atom is -0.337 e. The van der Waals surface area contributed by atoms with Gasteiger partial charge in [0.15, 0.2) is 0 Å². The Hall–Kier alpha value is -3.55. The molecule has 166 valence electrons. The second-order valence-electron chi connectivity index (χ2n) is 8.28. The van der Waals surface area contributed by atoms with Crippen molar-refractivity contribution in [2.75, 3.05) is 26.2 Å². The fourth-order valence-corrected chi connectivity index (χ4v) is 4.17. The van der Waals surface area contributed by atoms with Crippen LogP contribution in [0, 0.1) is 5.82 Å². The molecule has 2 aromatic carbocycles. The standard InChI is InChI=1S/C24H24FN3O4/c1-15(2)28-23(31)19-8-7-17(14-20(19)24(28)32)22(30)27-10-4-9-26(11-12-27)21(29)16-5-3-6-18(25)13-16/h3,5-8,13-15H,4,9-12H2,1-2H3. The van der Waals surface area contributed by atoms with Crippen molar-refractivity contribution in [3.8, 4) is 0 Å². The molecule has 2 aliphatic heterocycles. The van der Waals surface area contributed by atoms with Crippen LogP contribution in [0.15, 0.2) is 42.5 Å². The summed E-state index contributed by atoms with van der Waals surface area (Å²) in [6.07, 6.45) is 0.580. The number of halogens is 1. The van der Waals surface area contributed by atoms with Gasteiger partial charge in [0.25, 0.3) is 23.6 Å². The average molecular weight is 437 g/mol. The Morgan fingerprint density at radius 1 is 0.812 bits per heavy atom. The van der Waals surface area contributed by atoms with Crippen LogP contribution in [0.4, 0.5) is 4.39 Å². The van der Waals surface area contributed by atoms with Crippen LogP contribution in [0.3, 0.4) is 0 Å². The van der Waals surface area contributed by atoms with Crippen LogP contribution in [0.5, 0.6) is 0 Å². The summed E-state index contributed by atoms with van der Waals surface area (Å²) >= 11 is 0. The number of rotatable bonds is 3. The van der Waals surface area contributed by atoms with Gasteiger partial charge in [-0.05, 0) is 56.7 Å². The van der Waals surface area contributed by atoms with Gasteiger partial charge in [-0.15, -0.1) is 0 Å². The zero-order valence-electron chi connectivity index (χ0n) is 18.0. The van der Waals surface area contributed by atoms with Crippen molar-refractivity contribution in [1.82, 2.24) is 14.7 Å². The van der Waals surface area contributed by atoms with E-state index in [1.54, 1.807) is 35.8 Å². The number of carbonyl (C=O) groups excluding carboxylic acids is 4. The summed E-state index contributed by atoms with van der Waals surface area (Å²) in [5, 5.41) is 0. The van der Waals surface area contributed by atoms with E-state index >= 15 is 0 Å². The first kappa shape index (κ1) is 21.7. The van der Waals surface area contributed by atoms with Gasteiger partial charge in [0.1, 0.15) is 5.82 Å². The number of imide groups is 1. The summed E-state index contributed by atoms with van der Waals surface area (Å²) in [4.78, 5) is 55.4. The summed E-state index contributed by atoms with van der Waals surface area (Å²) < 4.78 is 13.5. The minimum absolute atomic E-state index is 0.243. The fourth-order valence-electron chi connectivity index (χ4n) is 4.17. The van der Waals surface area contributed by atoms with Crippen LogP contribution in [-0.4, -0.2) is 70.5 Å². The monoisotopic (exact) mass is 437 g/mol. The summed E-state index contributed by atoms with van der Waals surface area (Å²) in [5.41, 5.74) is 1.16. The molecule has 8 heteroatoms. The molecule has 0 aliphatic carbocycles. The van der Waals surface area contributed by atoms with Crippen LogP contribution in [-0.2, 0) is 0 Å². The SMILES string of the molecule is CC(C)N1C(=O)c2ccc(C(=O)N3CCCN(C(=O)c4cccc(F)c4)CC3)cc2C1=O. The molecule has 1 fully saturated rings. The number of hydrogen-bond donors (Lipinski definition) is 0. The van der Waals surface area contributed by atoms with Gasteiger partial charge in [-0.25, -0.2) is 4.39 Å². The molecule has 0 radical (unpaired) electrons. The van der Waals surface area contributed by atoms with Gasteiger partial charge in [0.2, 0.25) is 0 Å². The molecule has 2 aromatic rings. The van der Waals surface area contributed by atoms with Crippen molar-refractivity contribution in [3.05, 3.63) is 70.5 Å². The predicted octanol–water partition coefficient (Wildman–Crippen LogP) is 2.82. The molecule has 2 aliphatic rings. The molecule has 7 nitrogen and oxygen atoms in total. The van der Waals surface area contributed by atoms with Gasteiger partial charge in [0, 0.05) is 43.3 Å². The number of nitrogens with zero attached hydrogens (tertiary/aromatic N) is 3. The predicted molar refractivity (Wildman–Crippen MR) is 115 cm³/mol. The number of amides is 4. The molecular weight excluding hydrogens is 413 g/mol. The van der Waals surface area contributed by atoms with Gasteiger partial charge in [-0.2, -0.15) is 0 Å². The molecule has 0 spiro atoms. The molecule has 0 aromatic heterocycles. The van der Waals surface area contributed by atoms with E-state index in [0.29, 0.717) is 43.7 Å². The molecule has 0 saturated carbocycles. The van der Waals surface area contributed by atoms with Crippen LogP contribution < -0.4 is 0 Å². The van der Waals surface area contributed by atoms with E-state index in [4.69, 9.17) is 0 Å². The van der Waals surface area contributed by atoms with Crippen LogP contribution in [0.2, 0.25) is 0 Å². The maximum atomic E-state index is 13.5. The third-order valence-corrected chi connectivity index (χ3v) is 5.82. The highest BCUT2D eigenvalue weighted by Crippen LogP contribution is 2.26. The highest BCUT2D eigenvalue weighted by molar-refractivity contribution is 6.22. The molecule has 32 heavy (non-hydrogen) atoms. The Morgan fingerprint density at radius 2 is 1.41 bits per heavy atom. The van der Waals surface area contributed by atoms with E-state index in [-0.39, 0.29) is 34.9 Å². The molecule has 4 rings (SSSR count). The van der Waals surface area contributed by atoms with Gasteiger partial charge < -0.3 is 9.80 Å². The van der Waals surface area contributed by atoms with Crippen LogP contribution >= 0.6 is 0 Å².